The highest BCUT2D eigenvalue weighted by Gasteiger charge is 2.28. The molecule has 150 valence electrons. The van der Waals surface area contributed by atoms with Gasteiger partial charge in [0.1, 0.15) is 12.1 Å². The van der Waals surface area contributed by atoms with Crippen LogP contribution in [0, 0.1) is 5.92 Å². The van der Waals surface area contributed by atoms with E-state index in [1.807, 2.05) is 19.2 Å². The van der Waals surface area contributed by atoms with Crippen molar-refractivity contribution >= 4 is 23.7 Å². The van der Waals surface area contributed by atoms with Gasteiger partial charge in [-0.25, -0.2) is 4.79 Å². The lowest BCUT2D eigenvalue weighted by Crippen LogP contribution is -2.57. The fraction of sp³-hybridized carbons (Fsp3) is 0.733. The van der Waals surface area contributed by atoms with Crippen LogP contribution in [0.15, 0.2) is 0 Å². The van der Waals surface area contributed by atoms with Crippen molar-refractivity contribution in [3.63, 3.8) is 0 Å². The molecule has 0 rings (SSSR count). The molecule has 11 heteroatoms. The quantitative estimate of drug-likeness (QED) is 0.197. The third-order valence-electron chi connectivity index (χ3n) is 3.36. The molecule has 26 heavy (non-hydrogen) atoms. The van der Waals surface area contributed by atoms with Crippen LogP contribution in [0.3, 0.4) is 0 Å². The Morgan fingerprint density at radius 3 is 2.04 bits per heavy atom. The van der Waals surface area contributed by atoms with Crippen molar-refractivity contribution in [1.82, 2.24) is 16.0 Å². The Balaban J connectivity index is 4.67. The summed E-state index contributed by atoms with van der Waals surface area (Å²) >= 11 is 0. The average molecular weight is 376 g/mol. The second-order valence-corrected chi connectivity index (χ2v) is 6.32. The van der Waals surface area contributed by atoms with E-state index in [0.29, 0.717) is 6.42 Å². The van der Waals surface area contributed by atoms with Crippen molar-refractivity contribution in [2.24, 2.45) is 11.7 Å². The lowest BCUT2D eigenvalue weighted by atomic mass is 10.0. The Labute approximate surface area is 151 Å². The molecule has 0 bridgehead atoms. The number of aliphatic hydroxyl groups excluding tert-OH is 2. The fourth-order valence-electron chi connectivity index (χ4n) is 1.99. The first kappa shape index (κ1) is 23.8. The van der Waals surface area contributed by atoms with Crippen LogP contribution in [0.25, 0.3) is 0 Å². The van der Waals surface area contributed by atoms with Gasteiger partial charge in [-0.3, -0.25) is 14.4 Å². The summed E-state index contributed by atoms with van der Waals surface area (Å²) in [5.41, 5.74) is 5.72. The Morgan fingerprint density at radius 2 is 1.62 bits per heavy atom. The summed E-state index contributed by atoms with van der Waals surface area (Å²) < 4.78 is 0. The van der Waals surface area contributed by atoms with Gasteiger partial charge in [0.2, 0.25) is 17.7 Å². The van der Waals surface area contributed by atoms with Crippen LogP contribution in [0.4, 0.5) is 0 Å². The number of carbonyl (C=O) groups is 4. The lowest BCUT2D eigenvalue weighted by molar-refractivity contribution is -0.142. The normalized spacial score (nSPS) is 15.5. The van der Waals surface area contributed by atoms with Crippen molar-refractivity contribution in [1.29, 1.82) is 0 Å². The van der Waals surface area contributed by atoms with E-state index in [9.17, 15) is 24.3 Å². The molecule has 0 spiro atoms. The van der Waals surface area contributed by atoms with Crippen molar-refractivity contribution < 1.29 is 34.5 Å². The van der Waals surface area contributed by atoms with Crippen LogP contribution in [-0.2, 0) is 19.2 Å². The molecule has 0 aromatic rings. The van der Waals surface area contributed by atoms with Gasteiger partial charge in [0.05, 0.1) is 25.3 Å². The maximum absolute atomic E-state index is 12.1. The average Bonchev–Trinajstić information content (AvgIpc) is 2.53. The van der Waals surface area contributed by atoms with Gasteiger partial charge in [-0.2, -0.15) is 0 Å². The van der Waals surface area contributed by atoms with Crippen LogP contribution in [0.2, 0.25) is 0 Å². The summed E-state index contributed by atoms with van der Waals surface area (Å²) in [5, 5.41) is 33.7. The predicted octanol–water partition coefficient (Wildman–Crippen LogP) is -3.10. The lowest BCUT2D eigenvalue weighted by Gasteiger charge is -2.23. The number of carbonyl (C=O) groups excluding carboxylic acids is 3. The van der Waals surface area contributed by atoms with Crippen molar-refractivity contribution in [2.75, 3.05) is 13.2 Å². The van der Waals surface area contributed by atoms with E-state index < -0.39 is 61.1 Å². The maximum atomic E-state index is 12.1. The number of hydrogen-bond donors (Lipinski definition) is 7. The number of carboxylic acids is 1. The Kier molecular flexibility index (Phi) is 10.4. The highest BCUT2D eigenvalue weighted by Crippen LogP contribution is 2.03. The largest absolute Gasteiger partial charge is 0.480 e. The minimum absolute atomic E-state index is 0.159. The van der Waals surface area contributed by atoms with E-state index in [4.69, 9.17) is 15.9 Å². The summed E-state index contributed by atoms with van der Waals surface area (Å²) in [7, 11) is 0. The molecule has 0 saturated heterocycles. The van der Waals surface area contributed by atoms with Gasteiger partial charge in [0.25, 0.3) is 0 Å². The fourth-order valence-corrected chi connectivity index (χ4v) is 1.99. The minimum Gasteiger partial charge on any atom is -0.480 e. The molecule has 0 saturated carbocycles. The monoisotopic (exact) mass is 376 g/mol. The zero-order valence-corrected chi connectivity index (χ0v) is 15.1. The molecule has 0 heterocycles. The third-order valence-corrected chi connectivity index (χ3v) is 3.36. The number of aliphatic carboxylic acids is 1. The molecule has 0 aliphatic rings. The predicted molar refractivity (Wildman–Crippen MR) is 90.7 cm³/mol. The highest BCUT2D eigenvalue weighted by atomic mass is 16.4. The Bertz CT molecular complexity index is 510. The number of carboxylic acid groups (broad SMARTS) is 1. The molecule has 0 aliphatic heterocycles. The molecular weight excluding hydrogens is 348 g/mol. The van der Waals surface area contributed by atoms with Crippen molar-refractivity contribution in [3.8, 4) is 0 Å². The van der Waals surface area contributed by atoms with Gasteiger partial charge >= 0.3 is 5.97 Å². The first-order valence-corrected chi connectivity index (χ1v) is 8.14. The molecule has 0 aromatic carbocycles. The van der Waals surface area contributed by atoms with Gasteiger partial charge in [-0.1, -0.05) is 13.8 Å². The molecule has 3 amide bonds. The van der Waals surface area contributed by atoms with Crippen LogP contribution in [0.5, 0.6) is 0 Å². The van der Waals surface area contributed by atoms with Gasteiger partial charge < -0.3 is 37.0 Å². The number of rotatable bonds is 11. The second-order valence-electron chi connectivity index (χ2n) is 6.32. The van der Waals surface area contributed by atoms with Crippen LogP contribution in [-0.4, -0.2) is 76.4 Å². The first-order chi connectivity index (χ1) is 12.0. The molecule has 4 atom stereocenters. The van der Waals surface area contributed by atoms with Crippen LogP contribution < -0.4 is 21.7 Å². The molecule has 11 nitrogen and oxygen atoms in total. The van der Waals surface area contributed by atoms with Gasteiger partial charge in [-0.05, 0) is 19.3 Å². The van der Waals surface area contributed by atoms with E-state index >= 15 is 0 Å². The van der Waals surface area contributed by atoms with Crippen LogP contribution in [0.1, 0.15) is 27.2 Å². The number of hydrogen-bond acceptors (Lipinski definition) is 7. The molecule has 4 unspecified atom stereocenters. The molecule has 0 aromatic heterocycles. The smallest absolute Gasteiger partial charge is 0.328 e. The first-order valence-electron chi connectivity index (χ1n) is 8.14. The Morgan fingerprint density at radius 1 is 1.04 bits per heavy atom. The SMILES string of the molecule is CC(C)CC(N)C(=O)NC(C(=O)NCC(=O)NC(CO)C(=O)O)C(C)O. The topological polar surface area (TPSA) is 191 Å². The van der Waals surface area contributed by atoms with E-state index in [0.717, 1.165) is 0 Å². The number of nitrogens with two attached hydrogens (primary N) is 1. The number of amides is 3. The molecular formula is C15H28N4O7. The summed E-state index contributed by atoms with van der Waals surface area (Å²) in [6, 6.07) is -3.68. The van der Waals surface area contributed by atoms with Crippen LogP contribution >= 0.6 is 0 Å². The van der Waals surface area contributed by atoms with Gasteiger partial charge in [0, 0.05) is 0 Å². The van der Waals surface area contributed by atoms with Crippen molar-refractivity contribution in [2.45, 2.75) is 51.4 Å². The summed E-state index contributed by atoms with van der Waals surface area (Å²) in [6.07, 6.45) is -0.863. The standard InChI is InChI=1S/C15H28N4O7/c1-7(2)4-9(16)13(23)19-12(8(3)21)14(24)17-5-11(22)18-10(6-20)15(25)26/h7-10,12,20-21H,4-6,16H2,1-3H3,(H,17,24)(H,18,22)(H,19,23)(H,25,26). The minimum atomic E-state index is -1.50. The van der Waals surface area contributed by atoms with Crippen molar-refractivity contribution in [3.05, 3.63) is 0 Å². The highest BCUT2D eigenvalue weighted by molar-refractivity contribution is 5.92. The van der Waals surface area contributed by atoms with Gasteiger partial charge in [0.15, 0.2) is 0 Å². The zero-order chi connectivity index (χ0) is 20.4. The molecule has 8 N–H and O–H groups in total. The second kappa shape index (κ2) is 11.4. The molecule has 0 fully saturated rings. The zero-order valence-electron chi connectivity index (χ0n) is 15.1. The maximum Gasteiger partial charge on any atom is 0.328 e. The summed E-state index contributed by atoms with van der Waals surface area (Å²) in [5.74, 6) is -3.58. The summed E-state index contributed by atoms with van der Waals surface area (Å²) in [4.78, 5) is 46.4. The number of nitrogens with one attached hydrogen (secondary N) is 3. The number of aliphatic hydroxyl groups is 2. The van der Waals surface area contributed by atoms with E-state index in [2.05, 4.69) is 10.6 Å². The third kappa shape index (κ3) is 8.74. The molecule has 0 aliphatic carbocycles. The van der Waals surface area contributed by atoms with E-state index in [1.165, 1.54) is 6.92 Å². The van der Waals surface area contributed by atoms with E-state index in [1.54, 1.807) is 0 Å². The van der Waals surface area contributed by atoms with E-state index in [-0.39, 0.29) is 5.92 Å². The molecule has 0 radical (unpaired) electrons. The van der Waals surface area contributed by atoms with Gasteiger partial charge in [-0.15, -0.1) is 0 Å². The Hall–Kier alpha value is -2.24. The summed E-state index contributed by atoms with van der Waals surface area (Å²) in [6.45, 7) is 3.63.